The number of hydrogen-bond acceptors (Lipinski definition) is 3. The Bertz CT molecular complexity index is 914. The lowest BCUT2D eigenvalue weighted by Gasteiger charge is -2.14. The highest BCUT2D eigenvalue weighted by molar-refractivity contribution is 5.98. The first kappa shape index (κ1) is 22.7. The normalized spacial score (nSPS) is 13.3. The van der Waals surface area contributed by atoms with Crippen LogP contribution in [0.4, 0.5) is 9.18 Å². The first-order chi connectivity index (χ1) is 15.0. The summed E-state index contributed by atoms with van der Waals surface area (Å²) in [4.78, 5) is 36.7. The van der Waals surface area contributed by atoms with Gasteiger partial charge in [-0.05, 0) is 54.9 Å². The van der Waals surface area contributed by atoms with Gasteiger partial charge in [-0.2, -0.15) is 0 Å². The van der Waals surface area contributed by atoms with Crippen LogP contribution in [0.5, 0.6) is 0 Å². The molecule has 2 amide bonds. The average Bonchev–Trinajstić information content (AvgIpc) is 3.00. The Labute approximate surface area is 182 Å². The molecule has 0 atom stereocenters. The van der Waals surface area contributed by atoms with Crippen LogP contribution < -0.4 is 5.32 Å². The molecule has 0 aromatic heterocycles. The Morgan fingerprint density at radius 3 is 2.39 bits per heavy atom. The summed E-state index contributed by atoms with van der Waals surface area (Å²) in [6.45, 7) is 1.27. The highest BCUT2D eigenvalue weighted by atomic mass is 19.1. The second kappa shape index (κ2) is 11.4. The van der Waals surface area contributed by atoms with Crippen LogP contribution in [-0.2, 0) is 24.1 Å². The number of halogens is 1. The van der Waals surface area contributed by atoms with Crippen LogP contribution in [0.1, 0.15) is 52.7 Å². The van der Waals surface area contributed by atoms with Crippen molar-refractivity contribution in [3.63, 3.8) is 0 Å². The highest BCUT2D eigenvalue weighted by Crippen LogP contribution is 2.19. The van der Waals surface area contributed by atoms with E-state index in [1.165, 1.54) is 10.5 Å². The summed E-state index contributed by atoms with van der Waals surface area (Å²) < 4.78 is 13.0. The fourth-order valence-electron chi connectivity index (χ4n) is 3.86. The van der Waals surface area contributed by atoms with Crippen LogP contribution >= 0.6 is 0 Å². The average molecular weight is 425 g/mol. The van der Waals surface area contributed by atoms with Crippen molar-refractivity contribution in [2.45, 2.75) is 44.9 Å². The standard InChI is InChI=1S/C25H29FN2O3/c26-25(31)28-16-13-20-9-10-22(18-21(20)14-17-28)23(29)11-12-24(30)27-15-5-4-8-19-6-2-1-3-7-19/h1-3,6-7,9-10,18H,4-5,8,11-17H2,(H,27,30). The maximum Gasteiger partial charge on any atom is 0.400 e. The molecule has 164 valence electrons. The van der Waals surface area contributed by atoms with E-state index >= 15 is 0 Å². The molecule has 0 spiro atoms. The third-order valence-electron chi connectivity index (χ3n) is 5.72. The van der Waals surface area contributed by atoms with E-state index in [4.69, 9.17) is 0 Å². The van der Waals surface area contributed by atoms with Crippen LogP contribution in [0.15, 0.2) is 48.5 Å². The number of unbranched alkanes of at least 4 members (excludes halogenated alkanes) is 1. The molecule has 0 fully saturated rings. The van der Waals surface area contributed by atoms with Gasteiger partial charge in [0.05, 0.1) is 0 Å². The van der Waals surface area contributed by atoms with Gasteiger partial charge in [0.15, 0.2) is 5.78 Å². The fourth-order valence-corrected chi connectivity index (χ4v) is 3.86. The largest absolute Gasteiger partial charge is 0.400 e. The summed E-state index contributed by atoms with van der Waals surface area (Å²) in [6, 6.07) is 15.7. The number of Topliss-reactive ketones (excluding diaryl/α,β-unsaturated/α-hetero) is 1. The maximum atomic E-state index is 13.0. The Hall–Kier alpha value is -3.02. The van der Waals surface area contributed by atoms with E-state index in [1.54, 1.807) is 6.07 Å². The minimum Gasteiger partial charge on any atom is -0.356 e. The smallest absolute Gasteiger partial charge is 0.356 e. The predicted octanol–water partition coefficient (Wildman–Crippen LogP) is 4.28. The van der Waals surface area contributed by atoms with Crippen molar-refractivity contribution >= 4 is 17.9 Å². The third-order valence-corrected chi connectivity index (χ3v) is 5.72. The lowest BCUT2D eigenvalue weighted by atomic mass is 9.97. The number of ketones is 1. The Kier molecular flexibility index (Phi) is 8.33. The van der Waals surface area contributed by atoms with Gasteiger partial charge in [0.2, 0.25) is 5.91 Å². The van der Waals surface area contributed by atoms with E-state index in [0.29, 0.717) is 38.0 Å². The molecule has 3 rings (SSSR count). The highest BCUT2D eigenvalue weighted by Gasteiger charge is 2.19. The molecule has 0 bridgehead atoms. The number of fused-ring (bicyclic) bond motifs is 1. The number of hydrogen-bond donors (Lipinski definition) is 1. The number of carbonyl (C=O) groups is 3. The van der Waals surface area contributed by atoms with Gasteiger partial charge in [-0.25, -0.2) is 4.79 Å². The number of nitrogens with zero attached hydrogens (tertiary/aromatic N) is 1. The molecule has 31 heavy (non-hydrogen) atoms. The SMILES string of the molecule is O=C(CCC(=O)c1ccc2c(c1)CCN(C(=O)F)CC2)NCCCCc1ccccc1. The van der Waals surface area contributed by atoms with Gasteiger partial charge < -0.3 is 10.2 Å². The van der Waals surface area contributed by atoms with Crippen molar-refractivity contribution in [1.82, 2.24) is 10.2 Å². The number of nitrogens with one attached hydrogen (secondary N) is 1. The van der Waals surface area contributed by atoms with Gasteiger partial charge in [-0.1, -0.05) is 42.5 Å². The first-order valence-corrected chi connectivity index (χ1v) is 10.9. The number of aryl methyl sites for hydroxylation is 1. The minimum absolute atomic E-state index is 0.0790. The summed E-state index contributed by atoms with van der Waals surface area (Å²) in [6.07, 6.45) is 2.91. The Morgan fingerprint density at radius 2 is 1.65 bits per heavy atom. The van der Waals surface area contributed by atoms with Crippen LogP contribution in [0.25, 0.3) is 0 Å². The number of benzene rings is 2. The number of carbonyl (C=O) groups excluding carboxylic acids is 3. The summed E-state index contributed by atoms with van der Waals surface area (Å²) >= 11 is 0. The molecule has 1 aliphatic rings. The van der Waals surface area contributed by atoms with E-state index in [2.05, 4.69) is 17.4 Å². The quantitative estimate of drug-likeness (QED) is 0.283. The number of rotatable bonds is 9. The topological polar surface area (TPSA) is 66.5 Å². The molecule has 0 unspecified atom stereocenters. The zero-order valence-corrected chi connectivity index (χ0v) is 17.7. The predicted molar refractivity (Wildman–Crippen MR) is 118 cm³/mol. The van der Waals surface area contributed by atoms with Crippen molar-refractivity contribution in [1.29, 1.82) is 0 Å². The van der Waals surface area contributed by atoms with Gasteiger partial charge in [-0.3, -0.25) is 9.59 Å². The van der Waals surface area contributed by atoms with Crippen molar-refractivity contribution in [3.05, 3.63) is 70.8 Å². The fraction of sp³-hybridized carbons (Fsp3) is 0.400. The van der Waals surface area contributed by atoms with E-state index in [0.717, 1.165) is 30.4 Å². The molecular weight excluding hydrogens is 395 g/mol. The van der Waals surface area contributed by atoms with Gasteiger partial charge >= 0.3 is 6.16 Å². The summed E-state index contributed by atoms with van der Waals surface area (Å²) in [5.41, 5.74) is 3.87. The van der Waals surface area contributed by atoms with E-state index in [1.807, 2.05) is 30.3 Å². The summed E-state index contributed by atoms with van der Waals surface area (Å²) in [7, 11) is 0. The third kappa shape index (κ3) is 7.02. The van der Waals surface area contributed by atoms with Crippen molar-refractivity contribution in [2.24, 2.45) is 0 Å². The first-order valence-electron chi connectivity index (χ1n) is 10.9. The van der Waals surface area contributed by atoms with Crippen LogP contribution in [0, 0.1) is 0 Å². The van der Waals surface area contributed by atoms with Gasteiger partial charge in [0.25, 0.3) is 0 Å². The van der Waals surface area contributed by atoms with Crippen LogP contribution in [0.2, 0.25) is 0 Å². The molecule has 1 aliphatic heterocycles. The van der Waals surface area contributed by atoms with Gasteiger partial charge in [-0.15, -0.1) is 4.39 Å². The molecule has 1 heterocycles. The molecular formula is C25H29FN2O3. The van der Waals surface area contributed by atoms with Crippen molar-refractivity contribution in [3.8, 4) is 0 Å². The van der Waals surface area contributed by atoms with E-state index in [9.17, 15) is 18.8 Å². The lowest BCUT2D eigenvalue weighted by Crippen LogP contribution is -2.29. The van der Waals surface area contributed by atoms with Crippen LogP contribution in [-0.4, -0.2) is 42.4 Å². The zero-order valence-electron chi connectivity index (χ0n) is 17.7. The van der Waals surface area contributed by atoms with E-state index in [-0.39, 0.29) is 24.5 Å². The monoisotopic (exact) mass is 424 g/mol. The molecule has 1 N–H and O–H groups in total. The van der Waals surface area contributed by atoms with Crippen molar-refractivity contribution < 1.29 is 18.8 Å². The Morgan fingerprint density at radius 1 is 0.903 bits per heavy atom. The lowest BCUT2D eigenvalue weighted by molar-refractivity contribution is -0.121. The molecule has 2 aromatic carbocycles. The van der Waals surface area contributed by atoms with Gasteiger partial charge in [0, 0.05) is 38.0 Å². The second-order valence-electron chi connectivity index (χ2n) is 7.94. The summed E-state index contributed by atoms with van der Waals surface area (Å²) in [5, 5.41) is 2.89. The Balaban J connectivity index is 1.38. The zero-order chi connectivity index (χ0) is 22.1. The molecule has 2 aromatic rings. The number of amides is 2. The second-order valence-corrected chi connectivity index (χ2v) is 7.94. The summed E-state index contributed by atoms with van der Waals surface area (Å²) in [5.74, 6) is -0.190. The maximum absolute atomic E-state index is 13.0. The molecule has 0 radical (unpaired) electrons. The molecule has 5 nitrogen and oxygen atoms in total. The molecule has 0 saturated heterocycles. The minimum atomic E-state index is -1.41. The van der Waals surface area contributed by atoms with Crippen LogP contribution in [0.3, 0.4) is 0 Å². The van der Waals surface area contributed by atoms with Gasteiger partial charge in [0.1, 0.15) is 0 Å². The molecule has 0 saturated carbocycles. The van der Waals surface area contributed by atoms with Crippen molar-refractivity contribution in [2.75, 3.05) is 19.6 Å². The molecule has 6 heteroatoms. The van der Waals surface area contributed by atoms with E-state index < -0.39 is 6.16 Å². The molecule has 0 aliphatic carbocycles.